The molecule has 2 atom stereocenters. The summed E-state index contributed by atoms with van der Waals surface area (Å²) in [6, 6.07) is 3.60. The van der Waals surface area contributed by atoms with Gasteiger partial charge in [-0.15, -0.1) is 0 Å². The zero-order valence-corrected chi connectivity index (χ0v) is 12.9. The van der Waals surface area contributed by atoms with Gasteiger partial charge in [0.05, 0.1) is 21.5 Å². The number of hydrogen-bond donors (Lipinski definition) is 3. The van der Waals surface area contributed by atoms with E-state index in [0.717, 1.165) is 6.07 Å². The van der Waals surface area contributed by atoms with Crippen molar-refractivity contribution >= 4 is 39.2 Å². The SMILES string of the molecule is CC(C(=O)O)C(C)C(=O)Nc1cc(S(N)(=O)=O)ccc1Cl. The summed E-state index contributed by atoms with van der Waals surface area (Å²) in [6.07, 6.45) is 0. The van der Waals surface area contributed by atoms with Crippen LogP contribution in [0.3, 0.4) is 0 Å². The van der Waals surface area contributed by atoms with E-state index in [4.69, 9.17) is 21.8 Å². The summed E-state index contributed by atoms with van der Waals surface area (Å²) in [6.45, 7) is 2.85. The number of sulfonamides is 1. The van der Waals surface area contributed by atoms with Crippen molar-refractivity contribution in [1.82, 2.24) is 0 Å². The number of benzene rings is 1. The number of carboxylic acid groups (broad SMARTS) is 1. The maximum atomic E-state index is 12.0. The van der Waals surface area contributed by atoms with E-state index in [1.807, 2.05) is 0 Å². The largest absolute Gasteiger partial charge is 0.481 e. The minimum Gasteiger partial charge on any atom is -0.481 e. The second-order valence-corrected chi connectivity index (χ2v) is 6.56. The van der Waals surface area contributed by atoms with E-state index in [0.29, 0.717) is 0 Å². The molecule has 116 valence electrons. The van der Waals surface area contributed by atoms with Crippen molar-refractivity contribution < 1.29 is 23.1 Å². The van der Waals surface area contributed by atoms with Crippen LogP contribution in [-0.4, -0.2) is 25.4 Å². The molecule has 2 unspecified atom stereocenters. The Labute approximate surface area is 127 Å². The molecule has 0 aliphatic carbocycles. The Morgan fingerprint density at radius 3 is 2.33 bits per heavy atom. The lowest BCUT2D eigenvalue weighted by Crippen LogP contribution is -2.30. The van der Waals surface area contributed by atoms with E-state index in [-0.39, 0.29) is 15.6 Å². The molecular weight excluding hydrogens is 320 g/mol. The van der Waals surface area contributed by atoms with E-state index in [9.17, 15) is 18.0 Å². The molecule has 1 aromatic carbocycles. The lowest BCUT2D eigenvalue weighted by Gasteiger charge is -2.16. The van der Waals surface area contributed by atoms with E-state index in [2.05, 4.69) is 5.32 Å². The highest BCUT2D eigenvalue weighted by Gasteiger charge is 2.26. The number of primary sulfonamides is 1. The zero-order valence-electron chi connectivity index (χ0n) is 11.3. The second kappa shape index (κ2) is 6.42. The molecular formula is C12H15ClN2O5S. The van der Waals surface area contributed by atoms with E-state index < -0.39 is 33.7 Å². The van der Waals surface area contributed by atoms with Gasteiger partial charge in [0.15, 0.2) is 0 Å². The fourth-order valence-electron chi connectivity index (χ4n) is 1.46. The number of aliphatic carboxylic acids is 1. The van der Waals surface area contributed by atoms with Crippen molar-refractivity contribution in [2.45, 2.75) is 18.7 Å². The monoisotopic (exact) mass is 334 g/mol. The van der Waals surface area contributed by atoms with Crippen molar-refractivity contribution in [3.05, 3.63) is 23.2 Å². The highest BCUT2D eigenvalue weighted by Crippen LogP contribution is 2.26. The Balaban J connectivity index is 3.03. The number of nitrogens with two attached hydrogens (primary N) is 1. The molecule has 0 saturated carbocycles. The van der Waals surface area contributed by atoms with Gasteiger partial charge in [0.25, 0.3) is 0 Å². The van der Waals surface area contributed by atoms with Gasteiger partial charge in [-0.2, -0.15) is 0 Å². The third-order valence-corrected chi connectivity index (χ3v) is 4.32. The minimum absolute atomic E-state index is 0.0534. The average molecular weight is 335 g/mol. The third-order valence-electron chi connectivity index (χ3n) is 3.08. The highest BCUT2D eigenvalue weighted by atomic mass is 35.5. The van der Waals surface area contributed by atoms with Gasteiger partial charge in [0.2, 0.25) is 15.9 Å². The molecule has 1 rings (SSSR count). The fourth-order valence-corrected chi connectivity index (χ4v) is 2.17. The smallest absolute Gasteiger partial charge is 0.307 e. The Bertz CT molecular complexity index is 674. The second-order valence-electron chi connectivity index (χ2n) is 4.59. The van der Waals surface area contributed by atoms with Crippen LogP contribution < -0.4 is 10.5 Å². The molecule has 0 radical (unpaired) electrons. The first-order chi connectivity index (χ1) is 9.54. The number of rotatable bonds is 5. The van der Waals surface area contributed by atoms with Crippen LogP contribution in [0.2, 0.25) is 5.02 Å². The van der Waals surface area contributed by atoms with E-state index >= 15 is 0 Å². The van der Waals surface area contributed by atoms with Gasteiger partial charge in [-0.05, 0) is 18.2 Å². The normalized spacial score (nSPS) is 14.3. The van der Waals surface area contributed by atoms with Crippen molar-refractivity contribution in [3.8, 4) is 0 Å². The minimum atomic E-state index is -3.93. The predicted molar refractivity (Wildman–Crippen MR) is 77.4 cm³/mol. The van der Waals surface area contributed by atoms with Crippen LogP contribution in [0, 0.1) is 11.8 Å². The lowest BCUT2D eigenvalue weighted by atomic mass is 9.95. The molecule has 4 N–H and O–H groups in total. The first-order valence-corrected chi connectivity index (χ1v) is 7.82. The number of carboxylic acids is 1. The molecule has 21 heavy (non-hydrogen) atoms. The van der Waals surface area contributed by atoms with Gasteiger partial charge in [0.1, 0.15) is 0 Å². The highest BCUT2D eigenvalue weighted by molar-refractivity contribution is 7.89. The van der Waals surface area contributed by atoms with Gasteiger partial charge in [-0.25, -0.2) is 13.6 Å². The maximum Gasteiger partial charge on any atom is 0.307 e. The molecule has 1 amide bonds. The average Bonchev–Trinajstić information content (AvgIpc) is 2.37. The number of halogens is 1. The standard InChI is InChI=1S/C12H15ClN2O5S/c1-6(7(2)12(17)18)11(16)15-10-5-8(21(14,19)20)3-4-9(10)13/h3-7H,1-2H3,(H,15,16)(H,17,18)(H2,14,19,20). The van der Waals surface area contributed by atoms with E-state index in [1.54, 1.807) is 0 Å². The van der Waals surface area contributed by atoms with Crippen LogP contribution in [0.15, 0.2) is 23.1 Å². The van der Waals surface area contributed by atoms with Crippen LogP contribution in [-0.2, 0) is 19.6 Å². The molecule has 1 aromatic rings. The number of carbonyl (C=O) groups excluding carboxylic acids is 1. The molecule has 0 aliphatic heterocycles. The zero-order chi connectivity index (χ0) is 16.4. The summed E-state index contributed by atoms with van der Waals surface area (Å²) < 4.78 is 22.5. The van der Waals surface area contributed by atoms with Crippen LogP contribution in [0.4, 0.5) is 5.69 Å². The fraction of sp³-hybridized carbons (Fsp3) is 0.333. The maximum absolute atomic E-state index is 12.0. The van der Waals surface area contributed by atoms with Crippen LogP contribution in [0.5, 0.6) is 0 Å². The number of amides is 1. The summed E-state index contributed by atoms with van der Waals surface area (Å²) in [7, 11) is -3.93. The molecule has 9 heteroatoms. The summed E-state index contributed by atoms with van der Waals surface area (Å²) in [5, 5.41) is 16.4. The Morgan fingerprint density at radius 1 is 1.29 bits per heavy atom. The predicted octanol–water partition coefficient (Wildman–Crippen LogP) is 1.28. The summed E-state index contributed by atoms with van der Waals surface area (Å²) >= 11 is 5.87. The van der Waals surface area contributed by atoms with Gasteiger partial charge in [-0.1, -0.05) is 25.4 Å². The van der Waals surface area contributed by atoms with Gasteiger partial charge >= 0.3 is 5.97 Å². The summed E-state index contributed by atoms with van der Waals surface area (Å²) in [4.78, 5) is 22.6. The van der Waals surface area contributed by atoms with Crippen molar-refractivity contribution in [2.24, 2.45) is 17.0 Å². The molecule has 0 aromatic heterocycles. The van der Waals surface area contributed by atoms with E-state index in [1.165, 1.54) is 26.0 Å². The molecule has 0 saturated heterocycles. The van der Waals surface area contributed by atoms with Crippen molar-refractivity contribution in [1.29, 1.82) is 0 Å². The van der Waals surface area contributed by atoms with Crippen LogP contribution in [0.1, 0.15) is 13.8 Å². The molecule has 0 fully saturated rings. The quantitative estimate of drug-likeness (QED) is 0.747. The van der Waals surface area contributed by atoms with Crippen molar-refractivity contribution in [3.63, 3.8) is 0 Å². The Kier molecular flexibility index (Phi) is 5.32. The first-order valence-electron chi connectivity index (χ1n) is 5.90. The molecule has 7 nitrogen and oxygen atoms in total. The molecule has 0 heterocycles. The number of nitrogens with one attached hydrogen (secondary N) is 1. The molecule has 0 aliphatic rings. The van der Waals surface area contributed by atoms with Crippen LogP contribution >= 0.6 is 11.6 Å². The number of carbonyl (C=O) groups is 2. The summed E-state index contributed by atoms with van der Waals surface area (Å²) in [5.74, 6) is -3.41. The molecule has 0 spiro atoms. The topological polar surface area (TPSA) is 127 Å². The Morgan fingerprint density at radius 2 is 1.86 bits per heavy atom. The molecule has 0 bridgehead atoms. The third kappa shape index (κ3) is 4.42. The summed E-state index contributed by atoms with van der Waals surface area (Å²) in [5.41, 5.74) is 0.0534. The van der Waals surface area contributed by atoms with Crippen LogP contribution in [0.25, 0.3) is 0 Å². The van der Waals surface area contributed by atoms with Gasteiger partial charge in [0, 0.05) is 5.92 Å². The number of hydrogen-bond acceptors (Lipinski definition) is 4. The van der Waals surface area contributed by atoms with Gasteiger partial charge < -0.3 is 10.4 Å². The van der Waals surface area contributed by atoms with Gasteiger partial charge in [-0.3, -0.25) is 9.59 Å². The first kappa shape index (κ1) is 17.4. The lowest BCUT2D eigenvalue weighted by molar-refractivity contribution is -0.145. The Hall–Kier alpha value is -1.64. The number of anilines is 1. The van der Waals surface area contributed by atoms with Crippen molar-refractivity contribution in [2.75, 3.05) is 5.32 Å².